The van der Waals surface area contributed by atoms with E-state index in [1.165, 1.54) is 5.56 Å². The molecule has 2 rings (SSSR count). The zero-order chi connectivity index (χ0) is 18.3. The Morgan fingerprint density at radius 3 is 2.76 bits per heavy atom. The second kappa shape index (κ2) is 9.30. The average Bonchev–Trinajstić information content (AvgIpc) is 2.95. The molecule has 0 bridgehead atoms. The quantitative estimate of drug-likeness (QED) is 0.554. The van der Waals surface area contributed by atoms with E-state index in [1.807, 2.05) is 18.2 Å². The van der Waals surface area contributed by atoms with Crippen LogP contribution in [0.15, 0.2) is 42.5 Å². The van der Waals surface area contributed by atoms with Gasteiger partial charge in [-0.2, -0.15) is 0 Å². The highest BCUT2D eigenvalue weighted by molar-refractivity contribution is 5.75. The summed E-state index contributed by atoms with van der Waals surface area (Å²) in [6.07, 6.45) is 4.44. The number of rotatable bonds is 10. The van der Waals surface area contributed by atoms with Crippen molar-refractivity contribution in [2.75, 3.05) is 6.61 Å². The Balaban J connectivity index is 1.72. The van der Waals surface area contributed by atoms with Gasteiger partial charge in [0.25, 0.3) is 0 Å². The van der Waals surface area contributed by atoms with Crippen LogP contribution in [0.5, 0.6) is 0 Å². The van der Waals surface area contributed by atoms with Crippen LogP contribution in [-0.4, -0.2) is 24.1 Å². The molecule has 0 amide bonds. The molecule has 1 fully saturated rings. The molecular weight excluding hydrogens is 312 g/mol. The van der Waals surface area contributed by atoms with E-state index in [2.05, 4.69) is 32.6 Å². The summed E-state index contributed by atoms with van der Waals surface area (Å²) in [5.41, 5.74) is 2.16. The number of Topliss-reactive ketones (excluding diaryl/α,β-unsaturated/α-hetero) is 1. The van der Waals surface area contributed by atoms with E-state index in [9.17, 15) is 4.79 Å². The smallest absolute Gasteiger partial charge is 0.130 e. The van der Waals surface area contributed by atoms with Gasteiger partial charge in [-0.25, -0.2) is 0 Å². The second-order valence-corrected chi connectivity index (χ2v) is 7.77. The minimum atomic E-state index is -0.112. The lowest BCUT2D eigenvalue weighted by Gasteiger charge is -2.28. The number of ketones is 1. The molecule has 25 heavy (non-hydrogen) atoms. The first-order chi connectivity index (χ1) is 11.9. The van der Waals surface area contributed by atoms with Crippen LogP contribution in [0.3, 0.4) is 0 Å². The highest BCUT2D eigenvalue weighted by atomic mass is 16.5. The highest BCUT2D eigenvalue weighted by Crippen LogP contribution is 2.38. The van der Waals surface area contributed by atoms with Gasteiger partial charge in [0.1, 0.15) is 5.78 Å². The molecule has 0 aromatic heterocycles. The van der Waals surface area contributed by atoms with Gasteiger partial charge in [0, 0.05) is 13.0 Å². The summed E-state index contributed by atoms with van der Waals surface area (Å²) in [7, 11) is 0. The molecule has 3 atom stereocenters. The summed E-state index contributed by atoms with van der Waals surface area (Å²) < 4.78 is 12.2. The first kappa shape index (κ1) is 19.9. The fourth-order valence-corrected chi connectivity index (χ4v) is 3.58. The molecular formula is C22H32O3. The third-order valence-corrected chi connectivity index (χ3v) is 4.91. The zero-order valence-electron chi connectivity index (χ0n) is 15.9. The second-order valence-electron chi connectivity index (χ2n) is 7.77. The van der Waals surface area contributed by atoms with Crippen molar-refractivity contribution in [3.63, 3.8) is 0 Å². The standard InChI is InChI=1S/C22H32O3/c1-17(15-24-16-20-8-6-5-7-9-20)14-22(4)13-12-21(25-22)18(2)10-11-19(3)23/h5-9,17,21H,2,10-16H2,1,3-4H3/t17-,21-,22-/m1/s1. The maximum absolute atomic E-state index is 11.1. The largest absolute Gasteiger partial charge is 0.376 e. The number of carbonyl (C=O) groups excluding carboxylic acids is 1. The number of hydrogen-bond donors (Lipinski definition) is 0. The number of ether oxygens (including phenoxy) is 2. The Labute approximate surface area is 152 Å². The summed E-state index contributed by atoms with van der Waals surface area (Å²) in [5, 5.41) is 0. The topological polar surface area (TPSA) is 35.5 Å². The van der Waals surface area contributed by atoms with Gasteiger partial charge in [0.2, 0.25) is 0 Å². The molecule has 1 aliphatic heterocycles. The van der Waals surface area contributed by atoms with Crippen LogP contribution < -0.4 is 0 Å². The van der Waals surface area contributed by atoms with Crippen molar-refractivity contribution in [1.29, 1.82) is 0 Å². The lowest BCUT2D eigenvalue weighted by Crippen LogP contribution is -2.29. The summed E-state index contributed by atoms with van der Waals surface area (Å²) in [5.74, 6) is 0.657. The molecule has 0 unspecified atom stereocenters. The van der Waals surface area contributed by atoms with E-state index in [0.717, 1.165) is 37.9 Å². The minimum Gasteiger partial charge on any atom is -0.376 e. The Bertz CT molecular complexity index is 566. The van der Waals surface area contributed by atoms with Gasteiger partial charge in [0.15, 0.2) is 0 Å². The first-order valence-electron chi connectivity index (χ1n) is 9.34. The van der Waals surface area contributed by atoms with Crippen LogP contribution in [0.4, 0.5) is 0 Å². The molecule has 0 aliphatic carbocycles. The zero-order valence-corrected chi connectivity index (χ0v) is 15.9. The van der Waals surface area contributed by atoms with Gasteiger partial charge in [-0.1, -0.05) is 43.8 Å². The SMILES string of the molecule is C=C(CCC(C)=O)[C@H]1CC[C@](C)(C[C@@H](C)COCc2ccccc2)O1. The molecule has 0 saturated carbocycles. The molecule has 1 aromatic carbocycles. The molecule has 1 aliphatic rings. The van der Waals surface area contributed by atoms with Crippen LogP contribution in [-0.2, 0) is 20.9 Å². The van der Waals surface area contributed by atoms with E-state index in [1.54, 1.807) is 6.92 Å². The molecule has 138 valence electrons. The van der Waals surface area contributed by atoms with Crippen LogP contribution in [0.25, 0.3) is 0 Å². The van der Waals surface area contributed by atoms with Crippen molar-refractivity contribution >= 4 is 5.78 Å². The van der Waals surface area contributed by atoms with Gasteiger partial charge in [-0.05, 0) is 56.6 Å². The Morgan fingerprint density at radius 1 is 1.36 bits per heavy atom. The highest BCUT2D eigenvalue weighted by Gasteiger charge is 2.37. The van der Waals surface area contributed by atoms with Crippen molar-refractivity contribution in [3.05, 3.63) is 48.0 Å². The fourth-order valence-electron chi connectivity index (χ4n) is 3.58. The third-order valence-electron chi connectivity index (χ3n) is 4.91. The van der Waals surface area contributed by atoms with E-state index in [4.69, 9.17) is 9.47 Å². The van der Waals surface area contributed by atoms with E-state index >= 15 is 0 Å². The molecule has 3 nitrogen and oxygen atoms in total. The van der Waals surface area contributed by atoms with Crippen LogP contribution in [0.2, 0.25) is 0 Å². The first-order valence-corrected chi connectivity index (χ1v) is 9.34. The minimum absolute atomic E-state index is 0.0989. The summed E-state index contributed by atoms with van der Waals surface area (Å²) in [6, 6.07) is 10.3. The Kier molecular flexibility index (Phi) is 7.39. The molecule has 0 N–H and O–H groups in total. The average molecular weight is 344 g/mol. The van der Waals surface area contributed by atoms with E-state index in [-0.39, 0.29) is 17.5 Å². The van der Waals surface area contributed by atoms with Crippen LogP contribution in [0.1, 0.15) is 58.4 Å². The van der Waals surface area contributed by atoms with Gasteiger partial charge in [0.05, 0.1) is 18.3 Å². The lowest BCUT2D eigenvalue weighted by molar-refractivity contribution is -0.117. The Hall–Kier alpha value is -1.45. The normalized spacial score (nSPS) is 24.2. The predicted molar refractivity (Wildman–Crippen MR) is 101 cm³/mol. The fraction of sp³-hybridized carbons (Fsp3) is 0.591. The molecule has 0 radical (unpaired) electrons. The van der Waals surface area contributed by atoms with Crippen molar-refractivity contribution in [2.24, 2.45) is 5.92 Å². The molecule has 1 saturated heterocycles. The number of carbonyl (C=O) groups is 1. The summed E-state index contributed by atoms with van der Waals surface area (Å²) in [4.78, 5) is 11.1. The van der Waals surface area contributed by atoms with Crippen molar-refractivity contribution in [2.45, 2.75) is 71.2 Å². The Morgan fingerprint density at radius 2 is 2.08 bits per heavy atom. The lowest BCUT2D eigenvalue weighted by atomic mass is 9.90. The van der Waals surface area contributed by atoms with Crippen LogP contribution in [0, 0.1) is 5.92 Å². The van der Waals surface area contributed by atoms with Gasteiger partial charge >= 0.3 is 0 Å². The summed E-state index contributed by atoms with van der Waals surface area (Å²) >= 11 is 0. The van der Waals surface area contributed by atoms with E-state index < -0.39 is 0 Å². The van der Waals surface area contributed by atoms with E-state index in [0.29, 0.717) is 18.9 Å². The van der Waals surface area contributed by atoms with Gasteiger partial charge in [-0.15, -0.1) is 0 Å². The molecule has 3 heteroatoms. The monoisotopic (exact) mass is 344 g/mol. The van der Waals surface area contributed by atoms with Crippen molar-refractivity contribution in [1.82, 2.24) is 0 Å². The van der Waals surface area contributed by atoms with Crippen molar-refractivity contribution < 1.29 is 14.3 Å². The molecule has 0 spiro atoms. The van der Waals surface area contributed by atoms with Gasteiger partial charge < -0.3 is 14.3 Å². The predicted octanol–water partition coefficient (Wildman–Crippen LogP) is 5.09. The summed E-state index contributed by atoms with van der Waals surface area (Å²) in [6.45, 7) is 11.6. The van der Waals surface area contributed by atoms with Crippen molar-refractivity contribution in [3.8, 4) is 0 Å². The number of hydrogen-bond acceptors (Lipinski definition) is 3. The third kappa shape index (κ3) is 6.75. The number of benzene rings is 1. The maximum atomic E-state index is 11.1. The maximum Gasteiger partial charge on any atom is 0.130 e. The molecule has 1 aromatic rings. The van der Waals surface area contributed by atoms with Gasteiger partial charge in [-0.3, -0.25) is 0 Å². The van der Waals surface area contributed by atoms with Crippen LogP contribution >= 0.6 is 0 Å². The molecule has 1 heterocycles.